The van der Waals surface area contributed by atoms with Crippen LogP contribution in [0.5, 0.6) is 0 Å². The largest absolute Gasteiger partial charge is 0.319 e. The van der Waals surface area contributed by atoms with Crippen LogP contribution in [-0.2, 0) is 0 Å². The zero-order valence-electron chi connectivity index (χ0n) is 5.98. The van der Waals surface area contributed by atoms with Crippen LogP contribution in [0.2, 0.25) is 0 Å². The van der Waals surface area contributed by atoms with Crippen LogP contribution in [0.3, 0.4) is 0 Å². The lowest BCUT2D eigenvalue weighted by atomic mass is 10.0. The fourth-order valence-electron chi connectivity index (χ4n) is 1.24. The van der Waals surface area contributed by atoms with Crippen molar-refractivity contribution in [3.8, 4) is 0 Å². The van der Waals surface area contributed by atoms with E-state index >= 15 is 0 Å². The smallest absolute Gasteiger partial charge is 0.257 e. The minimum atomic E-state index is -2.39. The summed E-state index contributed by atoms with van der Waals surface area (Å²) < 4.78 is 24.3. The molecule has 1 fully saturated rings. The zero-order chi connectivity index (χ0) is 7.78. The Labute approximate surface area is 59.0 Å². The molecular formula is C6H12F2N2. The zero-order valence-corrected chi connectivity index (χ0v) is 5.98. The number of alkyl halides is 2. The molecule has 1 saturated heterocycles. The average Bonchev–Trinajstić information content (AvgIpc) is 2.13. The first kappa shape index (κ1) is 7.88. The fraction of sp³-hybridized carbons (Fsp3) is 1.00. The van der Waals surface area contributed by atoms with E-state index in [0.29, 0.717) is 19.5 Å². The third-order valence-electron chi connectivity index (χ3n) is 1.96. The minimum Gasteiger partial charge on any atom is -0.319 e. The number of likely N-dealkylation sites (N-methyl/N-ethyl adjacent to an activating group) is 1. The molecule has 0 radical (unpaired) electrons. The van der Waals surface area contributed by atoms with Gasteiger partial charge in [0.05, 0.1) is 5.54 Å². The molecule has 60 valence electrons. The van der Waals surface area contributed by atoms with E-state index in [0.717, 1.165) is 0 Å². The summed E-state index contributed by atoms with van der Waals surface area (Å²) in [5, 5.41) is 0. The van der Waals surface area contributed by atoms with Crippen molar-refractivity contribution in [2.75, 3.05) is 20.1 Å². The van der Waals surface area contributed by atoms with Crippen LogP contribution in [0.1, 0.15) is 6.42 Å². The van der Waals surface area contributed by atoms with Crippen LogP contribution in [0.25, 0.3) is 0 Å². The Kier molecular flexibility index (Phi) is 1.92. The second-order valence-electron chi connectivity index (χ2n) is 3.02. The molecule has 4 heteroatoms. The second-order valence-corrected chi connectivity index (χ2v) is 3.02. The minimum absolute atomic E-state index is 0.310. The molecule has 1 unspecified atom stereocenters. The van der Waals surface area contributed by atoms with Gasteiger partial charge in [0.25, 0.3) is 6.43 Å². The van der Waals surface area contributed by atoms with Gasteiger partial charge in [0.15, 0.2) is 0 Å². The molecule has 1 aliphatic heterocycles. The van der Waals surface area contributed by atoms with Gasteiger partial charge < -0.3 is 10.6 Å². The Hall–Kier alpha value is -0.220. The molecule has 0 saturated carbocycles. The third kappa shape index (κ3) is 1.27. The van der Waals surface area contributed by atoms with Crippen molar-refractivity contribution in [1.29, 1.82) is 0 Å². The maximum Gasteiger partial charge on any atom is 0.257 e. The Morgan fingerprint density at radius 1 is 1.60 bits per heavy atom. The van der Waals surface area contributed by atoms with E-state index < -0.39 is 12.0 Å². The van der Waals surface area contributed by atoms with Crippen molar-refractivity contribution in [3.63, 3.8) is 0 Å². The molecule has 0 bridgehead atoms. The molecule has 1 aliphatic rings. The number of nitrogens with two attached hydrogens (primary N) is 1. The van der Waals surface area contributed by atoms with E-state index in [4.69, 9.17) is 5.73 Å². The Bertz CT molecular complexity index is 129. The highest BCUT2D eigenvalue weighted by Gasteiger charge is 2.40. The van der Waals surface area contributed by atoms with Crippen molar-refractivity contribution in [1.82, 2.24) is 4.90 Å². The fourth-order valence-corrected chi connectivity index (χ4v) is 1.24. The molecule has 1 rings (SSSR count). The molecule has 2 N–H and O–H groups in total. The van der Waals surface area contributed by atoms with E-state index in [1.807, 2.05) is 4.90 Å². The van der Waals surface area contributed by atoms with Crippen LogP contribution < -0.4 is 5.73 Å². The molecule has 0 aromatic carbocycles. The number of nitrogens with zero attached hydrogens (tertiary/aromatic N) is 1. The summed E-state index contributed by atoms with van der Waals surface area (Å²) >= 11 is 0. The highest BCUT2D eigenvalue weighted by molar-refractivity contribution is 4.95. The van der Waals surface area contributed by atoms with Gasteiger partial charge in [-0.3, -0.25) is 0 Å². The summed E-state index contributed by atoms with van der Waals surface area (Å²) in [7, 11) is 1.80. The summed E-state index contributed by atoms with van der Waals surface area (Å²) in [5.74, 6) is 0. The molecule has 0 aliphatic carbocycles. The van der Waals surface area contributed by atoms with Gasteiger partial charge in [-0.15, -0.1) is 0 Å². The monoisotopic (exact) mass is 150 g/mol. The first-order valence-corrected chi connectivity index (χ1v) is 3.30. The standard InChI is InChI=1S/C6H12F2N2/c1-10-3-2-6(9,4-10)5(7)8/h5H,2-4,9H2,1H3. The first-order valence-electron chi connectivity index (χ1n) is 3.30. The molecule has 1 heterocycles. The number of likely N-dealkylation sites (tertiary alicyclic amines) is 1. The van der Waals surface area contributed by atoms with Gasteiger partial charge in [-0.25, -0.2) is 8.78 Å². The molecule has 0 aromatic heterocycles. The summed E-state index contributed by atoms with van der Waals surface area (Å²) in [6, 6.07) is 0. The number of halogens is 2. The van der Waals surface area contributed by atoms with Crippen molar-refractivity contribution in [3.05, 3.63) is 0 Å². The Morgan fingerprint density at radius 3 is 2.40 bits per heavy atom. The van der Waals surface area contributed by atoms with Gasteiger partial charge in [-0.1, -0.05) is 0 Å². The predicted molar refractivity (Wildman–Crippen MR) is 35.0 cm³/mol. The average molecular weight is 150 g/mol. The first-order chi connectivity index (χ1) is 4.54. The number of hydrogen-bond acceptors (Lipinski definition) is 2. The van der Waals surface area contributed by atoms with Gasteiger partial charge >= 0.3 is 0 Å². The highest BCUT2D eigenvalue weighted by Crippen LogP contribution is 2.23. The van der Waals surface area contributed by atoms with E-state index in [2.05, 4.69) is 0 Å². The van der Waals surface area contributed by atoms with Crippen LogP contribution in [0.4, 0.5) is 8.78 Å². The maximum absolute atomic E-state index is 12.1. The second kappa shape index (κ2) is 2.43. The summed E-state index contributed by atoms with van der Waals surface area (Å²) in [4.78, 5) is 1.83. The van der Waals surface area contributed by atoms with Gasteiger partial charge in [0.1, 0.15) is 0 Å². The van der Waals surface area contributed by atoms with E-state index in [-0.39, 0.29) is 0 Å². The molecule has 2 nitrogen and oxygen atoms in total. The van der Waals surface area contributed by atoms with E-state index in [1.54, 1.807) is 7.05 Å². The summed E-state index contributed by atoms with van der Waals surface area (Å²) in [5.41, 5.74) is 4.16. The highest BCUT2D eigenvalue weighted by atomic mass is 19.3. The van der Waals surface area contributed by atoms with Gasteiger partial charge in [-0.05, 0) is 20.0 Å². The molecule has 0 spiro atoms. The Morgan fingerprint density at radius 2 is 2.20 bits per heavy atom. The molecule has 1 atom stereocenters. The molecule has 10 heavy (non-hydrogen) atoms. The summed E-state index contributed by atoms with van der Waals surface area (Å²) in [6.07, 6.45) is -1.99. The van der Waals surface area contributed by atoms with Crippen molar-refractivity contribution >= 4 is 0 Å². The van der Waals surface area contributed by atoms with Gasteiger partial charge in [0.2, 0.25) is 0 Å². The molecule has 0 amide bonds. The van der Waals surface area contributed by atoms with Crippen molar-refractivity contribution in [2.45, 2.75) is 18.4 Å². The van der Waals surface area contributed by atoms with Crippen molar-refractivity contribution in [2.24, 2.45) is 5.73 Å². The van der Waals surface area contributed by atoms with Crippen molar-refractivity contribution < 1.29 is 8.78 Å². The third-order valence-corrected chi connectivity index (χ3v) is 1.96. The normalized spacial score (nSPS) is 35.7. The molecule has 0 aromatic rings. The number of hydrogen-bond donors (Lipinski definition) is 1. The van der Waals surface area contributed by atoms with Crippen LogP contribution in [0.15, 0.2) is 0 Å². The predicted octanol–water partition coefficient (Wildman–Crippen LogP) is 0.285. The van der Waals surface area contributed by atoms with Crippen LogP contribution in [0, 0.1) is 0 Å². The SMILES string of the molecule is CN1CCC(N)(C(F)F)C1. The topological polar surface area (TPSA) is 29.3 Å². The van der Waals surface area contributed by atoms with Crippen LogP contribution in [-0.4, -0.2) is 37.0 Å². The molecular weight excluding hydrogens is 138 g/mol. The maximum atomic E-state index is 12.1. The quantitative estimate of drug-likeness (QED) is 0.582. The van der Waals surface area contributed by atoms with E-state index in [1.165, 1.54) is 0 Å². The van der Waals surface area contributed by atoms with Gasteiger partial charge in [-0.2, -0.15) is 0 Å². The lowest BCUT2D eigenvalue weighted by Gasteiger charge is -2.21. The van der Waals surface area contributed by atoms with E-state index in [9.17, 15) is 8.78 Å². The van der Waals surface area contributed by atoms with Gasteiger partial charge in [0, 0.05) is 6.54 Å². The van der Waals surface area contributed by atoms with Crippen LogP contribution >= 0.6 is 0 Å². The lowest BCUT2D eigenvalue weighted by Crippen LogP contribution is -2.48. The summed E-state index contributed by atoms with van der Waals surface area (Å²) in [6.45, 7) is 0.992. The lowest BCUT2D eigenvalue weighted by molar-refractivity contribution is 0.0595. The Balaban J connectivity index is 2.54. The number of rotatable bonds is 1.